The first-order valence-electron chi connectivity index (χ1n) is 8.77. The van der Waals surface area contributed by atoms with Gasteiger partial charge in [-0.2, -0.15) is 19.3 Å². The van der Waals surface area contributed by atoms with Crippen molar-refractivity contribution in [1.29, 1.82) is 0 Å². The van der Waals surface area contributed by atoms with Crippen molar-refractivity contribution in [3.05, 3.63) is 36.2 Å². The van der Waals surface area contributed by atoms with Crippen molar-refractivity contribution in [3.63, 3.8) is 0 Å². The molecule has 1 aromatic carbocycles. The number of rotatable bonds is 5. The number of hydrogen-bond donors (Lipinski definition) is 1. The Morgan fingerprint density at radius 1 is 1.04 bits per heavy atom. The summed E-state index contributed by atoms with van der Waals surface area (Å²) in [6.45, 7) is 4.02. The Morgan fingerprint density at radius 2 is 1.67 bits per heavy atom. The minimum Gasteiger partial charge on any atom is -0.368 e. The summed E-state index contributed by atoms with van der Waals surface area (Å²) in [5, 5.41) is 0. The lowest BCUT2D eigenvalue weighted by Crippen LogP contribution is -2.49. The summed E-state index contributed by atoms with van der Waals surface area (Å²) in [6.07, 6.45) is 0. The van der Waals surface area contributed by atoms with Crippen LogP contribution < -0.4 is 10.6 Å². The summed E-state index contributed by atoms with van der Waals surface area (Å²) < 4.78 is 27.0. The van der Waals surface area contributed by atoms with Crippen LogP contribution in [0.5, 0.6) is 0 Å². The van der Waals surface area contributed by atoms with Crippen LogP contribution in [-0.2, 0) is 10.0 Å². The van der Waals surface area contributed by atoms with Gasteiger partial charge in [0, 0.05) is 40.3 Å². The van der Waals surface area contributed by atoms with E-state index in [0.29, 0.717) is 42.8 Å². The van der Waals surface area contributed by atoms with E-state index in [4.69, 9.17) is 5.73 Å². The summed E-state index contributed by atoms with van der Waals surface area (Å²) in [7, 11) is 0.226. The van der Waals surface area contributed by atoms with Crippen LogP contribution in [0.4, 0.5) is 11.9 Å². The fourth-order valence-electron chi connectivity index (χ4n) is 3.02. The van der Waals surface area contributed by atoms with E-state index in [2.05, 4.69) is 19.9 Å². The lowest BCUT2D eigenvalue weighted by molar-refractivity contribution is 0.141. The molecule has 0 radical (unpaired) electrons. The third-order valence-corrected chi connectivity index (χ3v) is 6.55. The summed E-state index contributed by atoms with van der Waals surface area (Å²) in [6, 6.07) is 8.44. The van der Waals surface area contributed by atoms with Crippen molar-refractivity contribution in [3.8, 4) is 0 Å². The van der Waals surface area contributed by atoms with Gasteiger partial charge in [0.1, 0.15) is 0 Å². The monoisotopic (exact) mass is 391 g/mol. The molecule has 0 amide bonds. The van der Waals surface area contributed by atoms with Crippen LogP contribution in [-0.4, -0.2) is 72.8 Å². The predicted molar refractivity (Wildman–Crippen MR) is 104 cm³/mol. The Labute approximate surface area is 159 Å². The molecule has 9 nitrogen and oxygen atoms in total. The van der Waals surface area contributed by atoms with E-state index < -0.39 is 10.0 Å². The molecule has 146 valence electrons. The standard InChI is InChI=1S/C17H25N7O2S/c1-13(15-19-16(18)21-17(20-15)22(2)3)23-9-11-24(12-10-23)27(25,26)14-7-5-4-6-8-14/h4-8,13H,9-12H2,1-3H3,(H2,18,19,20,21)/t13-/m0/s1. The largest absolute Gasteiger partial charge is 0.368 e. The number of sulfonamides is 1. The zero-order valence-corrected chi connectivity index (χ0v) is 16.6. The number of hydrogen-bond acceptors (Lipinski definition) is 8. The van der Waals surface area contributed by atoms with E-state index in [-0.39, 0.29) is 12.0 Å². The predicted octanol–water partition coefficient (Wildman–Crippen LogP) is 0.587. The molecule has 0 aliphatic carbocycles. The number of nitrogens with two attached hydrogens (primary N) is 1. The van der Waals surface area contributed by atoms with Crippen molar-refractivity contribution in [1.82, 2.24) is 24.2 Å². The van der Waals surface area contributed by atoms with Gasteiger partial charge >= 0.3 is 0 Å². The Hall–Kier alpha value is -2.30. The highest BCUT2D eigenvalue weighted by atomic mass is 32.2. The van der Waals surface area contributed by atoms with E-state index >= 15 is 0 Å². The summed E-state index contributed by atoms with van der Waals surface area (Å²) in [4.78, 5) is 17.1. The third kappa shape index (κ3) is 4.18. The number of anilines is 2. The summed E-state index contributed by atoms with van der Waals surface area (Å²) in [5.41, 5.74) is 5.81. The van der Waals surface area contributed by atoms with Crippen LogP contribution in [0.3, 0.4) is 0 Å². The molecule has 2 aromatic rings. The molecule has 0 saturated carbocycles. The lowest BCUT2D eigenvalue weighted by Gasteiger charge is -2.36. The third-order valence-electron chi connectivity index (χ3n) is 4.63. The molecule has 10 heteroatoms. The molecule has 1 aliphatic rings. The van der Waals surface area contributed by atoms with Crippen LogP contribution in [0.15, 0.2) is 35.2 Å². The van der Waals surface area contributed by atoms with E-state index in [1.807, 2.05) is 21.0 Å². The van der Waals surface area contributed by atoms with Gasteiger partial charge in [-0.05, 0) is 19.1 Å². The van der Waals surface area contributed by atoms with E-state index in [1.165, 1.54) is 4.31 Å². The molecule has 0 unspecified atom stereocenters. The first-order chi connectivity index (χ1) is 12.8. The molecule has 1 saturated heterocycles. The van der Waals surface area contributed by atoms with E-state index in [9.17, 15) is 8.42 Å². The zero-order valence-electron chi connectivity index (χ0n) is 15.8. The summed E-state index contributed by atoms with van der Waals surface area (Å²) >= 11 is 0. The fraction of sp³-hybridized carbons (Fsp3) is 0.471. The minimum absolute atomic E-state index is 0.0874. The smallest absolute Gasteiger partial charge is 0.243 e. The number of nitrogens with zero attached hydrogens (tertiary/aromatic N) is 6. The average molecular weight is 392 g/mol. The quantitative estimate of drug-likeness (QED) is 0.789. The van der Waals surface area contributed by atoms with Gasteiger partial charge in [-0.3, -0.25) is 4.90 Å². The van der Waals surface area contributed by atoms with E-state index in [1.54, 1.807) is 35.2 Å². The van der Waals surface area contributed by atoms with Gasteiger partial charge in [-0.15, -0.1) is 0 Å². The van der Waals surface area contributed by atoms with Crippen LogP contribution in [0.2, 0.25) is 0 Å². The molecule has 3 rings (SSSR count). The van der Waals surface area contributed by atoms with Gasteiger partial charge in [0.15, 0.2) is 5.82 Å². The Bertz CT molecular complexity index is 881. The number of aromatic nitrogens is 3. The highest BCUT2D eigenvalue weighted by molar-refractivity contribution is 7.89. The molecule has 1 fully saturated rings. The van der Waals surface area contributed by atoms with E-state index in [0.717, 1.165) is 0 Å². The van der Waals surface area contributed by atoms with Crippen molar-refractivity contribution >= 4 is 21.9 Å². The molecular formula is C17H25N7O2S. The molecule has 0 bridgehead atoms. The lowest BCUT2D eigenvalue weighted by atomic mass is 10.2. The minimum atomic E-state index is -3.46. The molecule has 27 heavy (non-hydrogen) atoms. The van der Waals surface area contributed by atoms with Crippen molar-refractivity contribution < 1.29 is 8.42 Å². The van der Waals surface area contributed by atoms with Gasteiger partial charge in [0.05, 0.1) is 10.9 Å². The van der Waals surface area contributed by atoms with Gasteiger partial charge in [0.25, 0.3) is 0 Å². The maximum atomic E-state index is 12.8. The highest BCUT2D eigenvalue weighted by Crippen LogP contribution is 2.23. The van der Waals surface area contributed by atoms with Crippen molar-refractivity contribution in [2.24, 2.45) is 0 Å². The highest BCUT2D eigenvalue weighted by Gasteiger charge is 2.31. The first kappa shape index (κ1) is 19.5. The molecular weight excluding hydrogens is 366 g/mol. The Balaban J connectivity index is 1.71. The fourth-order valence-corrected chi connectivity index (χ4v) is 4.46. The molecule has 1 aliphatic heterocycles. The van der Waals surface area contributed by atoms with Crippen LogP contribution in [0.1, 0.15) is 18.8 Å². The second-order valence-corrected chi connectivity index (χ2v) is 8.61. The van der Waals surface area contributed by atoms with Crippen LogP contribution >= 0.6 is 0 Å². The number of nitrogen functional groups attached to an aromatic ring is 1. The van der Waals surface area contributed by atoms with Crippen molar-refractivity contribution in [2.45, 2.75) is 17.9 Å². The van der Waals surface area contributed by atoms with Gasteiger partial charge in [-0.1, -0.05) is 18.2 Å². The van der Waals surface area contributed by atoms with Crippen LogP contribution in [0.25, 0.3) is 0 Å². The summed E-state index contributed by atoms with van der Waals surface area (Å²) in [5.74, 6) is 1.28. The molecule has 1 atom stereocenters. The molecule has 1 aromatic heterocycles. The second kappa shape index (κ2) is 7.75. The maximum Gasteiger partial charge on any atom is 0.243 e. The SMILES string of the molecule is C[C@@H](c1nc(N)nc(N(C)C)n1)N1CCN(S(=O)(=O)c2ccccc2)CC1. The second-order valence-electron chi connectivity index (χ2n) is 6.68. The molecule has 0 spiro atoms. The van der Waals surface area contributed by atoms with Gasteiger partial charge in [-0.25, -0.2) is 8.42 Å². The topological polar surface area (TPSA) is 109 Å². The Morgan fingerprint density at radius 3 is 2.26 bits per heavy atom. The molecule has 2 heterocycles. The Kier molecular flexibility index (Phi) is 5.59. The number of piperazine rings is 1. The van der Waals surface area contributed by atoms with Crippen LogP contribution in [0, 0.1) is 0 Å². The van der Waals surface area contributed by atoms with Gasteiger partial charge in [0.2, 0.25) is 21.9 Å². The normalized spacial score (nSPS) is 17.6. The maximum absolute atomic E-state index is 12.8. The van der Waals surface area contributed by atoms with Gasteiger partial charge < -0.3 is 10.6 Å². The number of benzene rings is 1. The van der Waals surface area contributed by atoms with Crippen molar-refractivity contribution in [2.75, 3.05) is 50.9 Å². The molecule has 2 N–H and O–H groups in total. The first-order valence-corrected chi connectivity index (χ1v) is 10.2. The zero-order chi connectivity index (χ0) is 19.6. The average Bonchev–Trinajstić information content (AvgIpc) is 2.67.